The monoisotopic (exact) mass is 368 g/mol. The second kappa shape index (κ2) is 7.16. The summed E-state index contributed by atoms with van der Waals surface area (Å²) in [6.45, 7) is 3.98. The van der Waals surface area contributed by atoms with Crippen LogP contribution in [0.1, 0.15) is 21.6 Å². The van der Waals surface area contributed by atoms with Crippen molar-refractivity contribution in [3.63, 3.8) is 0 Å². The van der Waals surface area contributed by atoms with Gasteiger partial charge in [-0.05, 0) is 60.9 Å². The number of amides is 1. The number of rotatable bonds is 4. The van der Waals surface area contributed by atoms with Crippen LogP contribution in [0.2, 0.25) is 0 Å². The lowest BCUT2D eigenvalue weighted by molar-refractivity contribution is -0.112. The minimum atomic E-state index is -0.649. The summed E-state index contributed by atoms with van der Waals surface area (Å²) in [6.07, 6.45) is 1.80. The molecule has 0 spiro atoms. The number of aryl methyl sites for hydroxylation is 2. The maximum Gasteiger partial charge on any atom is 0.298 e. The second-order valence-electron chi connectivity index (χ2n) is 6.85. The van der Waals surface area contributed by atoms with Crippen molar-refractivity contribution in [2.75, 3.05) is 5.32 Å². The van der Waals surface area contributed by atoms with Crippen LogP contribution in [0, 0.1) is 13.8 Å². The summed E-state index contributed by atoms with van der Waals surface area (Å²) in [5, 5.41) is 2.74. The number of anilines is 1. The van der Waals surface area contributed by atoms with Gasteiger partial charge in [0.15, 0.2) is 0 Å². The fourth-order valence-electron chi connectivity index (χ4n) is 3.31. The maximum atomic E-state index is 13.1. The molecule has 0 saturated carbocycles. The topological polar surface area (TPSA) is 50.6 Å². The Labute approximate surface area is 163 Å². The molecule has 2 heterocycles. The average molecular weight is 368 g/mol. The van der Waals surface area contributed by atoms with Gasteiger partial charge in [-0.3, -0.25) is 9.59 Å². The van der Waals surface area contributed by atoms with E-state index in [1.807, 2.05) is 86.6 Å². The second-order valence-corrected chi connectivity index (χ2v) is 6.85. The molecule has 138 valence electrons. The maximum absolute atomic E-state index is 13.1. The molecule has 0 aliphatic rings. The molecule has 0 atom stereocenters. The van der Waals surface area contributed by atoms with Crippen molar-refractivity contribution in [1.29, 1.82) is 0 Å². The van der Waals surface area contributed by atoms with E-state index in [4.69, 9.17) is 0 Å². The molecule has 2 aromatic heterocycles. The van der Waals surface area contributed by atoms with E-state index in [0.717, 1.165) is 27.8 Å². The number of carbonyl (C=O) groups excluding carboxylic acids is 2. The van der Waals surface area contributed by atoms with E-state index < -0.39 is 11.7 Å². The van der Waals surface area contributed by atoms with Gasteiger partial charge in [-0.1, -0.05) is 42.5 Å². The van der Waals surface area contributed by atoms with E-state index in [-0.39, 0.29) is 0 Å². The van der Waals surface area contributed by atoms with E-state index in [0.29, 0.717) is 11.4 Å². The molecule has 1 amide bonds. The highest BCUT2D eigenvalue weighted by Gasteiger charge is 2.24. The Balaban J connectivity index is 1.76. The first kappa shape index (κ1) is 17.7. The average Bonchev–Trinajstić information content (AvgIpc) is 3.10. The predicted molar refractivity (Wildman–Crippen MR) is 112 cm³/mol. The Bertz CT molecular complexity index is 1190. The first-order valence-corrected chi connectivity index (χ1v) is 9.13. The molecule has 4 rings (SSSR count). The number of ketones is 1. The van der Waals surface area contributed by atoms with E-state index >= 15 is 0 Å². The van der Waals surface area contributed by atoms with Crippen LogP contribution in [-0.2, 0) is 4.79 Å². The lowest BCUT2D eigenvalue weighted by Gasteiger charge is -2.09. The van der Waals surface area contributed by atoms with Gasteiger partial charge in [0.05, 0.1) is 0 Å². The fraction of sp³-hybridized carbons (Fsp3) is 0.0833. The molecule has 0 aliphatic carbocycles. The number of fused-ring (bicyclic) bond motifs is 1. The van der Waals surface area contributed by atoms with Gasteiger partial charge < -0.3 is 9.72 Å². The number of pyridine rings is 1. The van der Waals surface area contributed by atoms with Crippen LogP contribution in [0.25, 0.3) is 16.6 Å². The highest BCUT2D eigenvalue weighted by molar-refractivity contribution is 6.47. The molecule has 0 bridgehead atoms. The van der Waals surface area contributed by atoms with Crippen LogP contribution < -0.4 is 5.32 Å². The molecule has 0 fully saturated rings. The molecule has 4 heteroatoms. The molecular formula is C24H20N2O2. The molecule has 28 heavy (non-hydrogen) atoms. The highest BCUT2D eigenvalue weighted by atomic mass is 16.2. The van der Waals surface area contributed by atoms with Crippen LogP contribution in [0.15, 0.2) is 79.0 Å². The van der Waals surface area contributed by atoms with Crippen molar-refractivity contribution in [2.24, 2.45) is 0 Å². The number of carbonyl (C=O) groups is 2. The van der Waals surface area contributed by atoms with Gasteiger partial charge in [-0.2, -0.15) is 0 Å². The Morgan fingerprint density at radius 1 is 0.821 bits per heavy atom. The molecule has 0 unspecified atom stereocenters. The number of hydrogen-bond donors (Lipinski definition) is 1. The van der Waals surface area contributed by atoms with Gasteiger partial charge in [0.1, 0.15) is 5.69 Å². The van der Waals surface area contributed by atoms with Crippen molar-refractivity contribution in [2.45, 2.75) is 13.8 Å². The van der Waals surface area contributed by atoms with Gasteiger partial charge in [-0.25, -0.2) is 0 Å². The Kier molecular flexibility index (Phi) is 4.53. The molecule has 0 saturated heterocycles. The zero-order chi connectivity index (χ0) is 19.7. The van der Waals surface area contributed by atoms with E-state index in [2.05, 4.69) is 5.32 Å². The number of hydrogen-bond acceptors (Lipinski definition) is 2. The van der Waals surface area contributed by atoms with Crippen LogP contribution in [0.5, 0.6) is 0 Å². The van der Waals surface area contributed by atoms with Gasteiger partial charge in [0.2, 0.25) is 0 Å². The molecule has 0 radical (unpaired) electrons. The molecular weight excluding hydrogens is 348 g/mol. The van der Waals surface area contributed by atoms with Crippen molar-refractivity contribution >= 4 is 22.9 Å². The van der Waals surface area contributed by atoms with Crippen LogP contribution in [-0.4, -0.2) is 16.1 Å². The minimum Gasteiger partial charge on any atom is -0.319 e. The lowest BCUT2D eigenvalue weighted by atomic mass is 10.0. The van der Waals surface area contributed by atoms with E-state index in [1.54, 1.807) is 10.6 Å². The molecule has 4 aromatic rings. The van der Waals surface area contributed by atoms with Crippen LogP contribution >= 0.6 is 0 Å². The minimum absolute atomic E-state index is 0.364. The summed E-state index contributed by atoms with van der Waals surface area (Å²) < 4.78 is 1.77. The summed E-state index contributed by atoms with van der Waals surface area (Å²) in [5.74, 6) is -1.22. The van der Waals surface area contributed by atoms with Crippen molar-refractivity contribution in [3.8, 4) is 11.1 Å². The third-order valence-electron chi connectivity index (χ3n) is 4.95. The van der Waals surface area contributed by atoms with Crippen molar-refractivity contribution < 1.29 is 9.59 Å². The number of nitrogens with one attached hydrogen (secondary N) is 1. The molecule has 1 N–H and O–H groups in total. The standard InChI is InChI=1S/C24H20N2O2/c1-16-11-12-19(14-17(16)2)25-24(28)23(27)22-21(18-8-4-3-5-9-18)15-20-10-6-7-13-26(20)22/h3-15H,1-2H3,(H,25,28). The molecule has 4 nitrogen and oxygen atoms in total. The lowest BCUT2D eigenvalue weighted by Crippen LogP contribution is -2.24. The largest absolute Gasteiger partial charge is 0.319 e. The first-order chi connectivity index (χ1) is 13.5. The Hall–Kier alpha value is -3.66. The van der Waals surface area contributed by atoms with Gasteiger partial charge in [0, 0.05) is 23.0 Å². The normalized spacial score (nSPS) is 10.8. The SMILES string of the molecule is Cc1ccc(NC(=O)C(=O)c2c(-c3ccccc3)cc3ccccn23)cc1C. The van der Waals surface area contributed by atoms with Gasteiger partial charge in [-0.15, -0.1) is 0 Å². The summed E-state index contributed by atoms with van der Waals surface area (Å²) in [7, 11) is 0. The quantitative estimate of drug-likeness (QED) is 0.405. The third-order valence-corrected chi connectivity index (χ3v) is 4.95. The highest BCUT2D eigenvalue weighted by Crippen LogP contribution is 2.28. The molecule has 0 aliphatic heterocycles. The third kappa shape index (κ3) is 3.21. The van der Waals surface area contributed by atoms with Gasteiger partial charge in [0.25, 0.3) is 11.7 Å². The molecule has 2 aromatic carbocycles. The number of benzene rings is 2. The number of aromatic nitrogens is 1. The summed E-state index contributed by atoms with van der Waals surface area (Å²) >= 11 is 0. The fourth-order valence-corrected chi connectivity index (χ4v) is 3.31. The Morgan fingerprint density at radius 3 is 2.32 bits per heavy atom. The number of nitrogens with zero attached hydrogens (tertiary/aromatic N) is 1. The van der Waals surface area contributed by atoms with E-state index in [9.17, 15) is 9.59 Å². The van der Waals surface area contributed by atoms with Crippen molar-refractivity contribution in [1.82, 2.24) is 4.40 Å². The van der Waals surface area contributed by atoms with Crippen LogP contribution in [0.4, 0.5) is 5.69 Å². The Morgan fingerprint density at radius 2 is 1.57 bits per heavy atom. The first-order valence-electron chi connectivity index (χ1n) is 9.13. The smallest absolute Gasteiger partial charge is 0.298 e. The summed E-state index contributed by atoms with van der Waals surface area (Å²) in [5.41, 5.74) is 5.67. The van der Waals surface area contributed by atoms with Gasteiger partial charge >= 0.3 is 0 Å². The zero-order valence-electron chi connectivity index (χ0n) is 15.8. The zero-order valence-corrected chi connectivity index (χ0v) is 15.8. The van der Waals surface area contributed by atoms with E-state index in [1.165, 1.54) is 0 Å². The van der Waals surface area contributed by atoms with Crippen LogP contribution in [0.3, 0.4) is 0 Å². The van der Waals surface area contributed by atoms with Crippen molar-refractivity contribution in [3.05, 3.63) is 95.8 Å². The number of Topliss-reactive ketones (excluding diaryl/α,β-unsaturated/α-hetero) is 1. The summed E-state index contributed by atoms with van der Waals surface area (Å²) in [6, 6.07) is 22.9. The summed E-state index contributed by atoms with van der Waals surface area (Å²) in [4.78, 5) is 25.9. The predicted octanol–water partition coefficient (Wildman–Crippen LogP) is 5.04.